The lowest BCUT2D eigenvalue weighted by atomic mass is 10.00. The first kappa shape index (κ1) is 26.6. The van der Waals surface area contributed by atoms with E-state index in [1.165, 1.54) is 11.8 Å². The number of nitrogens with zero attached hydrogens (tertiary/aromatic N) is 1. The smallest absolute Gasteiger partial charge is 0.330 e. The minimum atomic E-state index is -1.78. The SMILES string of the molecule is CC(C)(SCc1ccccc1)[C@H](N)C(=O)N[C@H](C(=O)O)[C@H]1O[C@@H](n2ccc(=O)[nH]c2=O)[C@H](O)[C@@H]1O. The molecule has 1 aromatic heterocycles. The minimum Gasteiger partial charge on any atom is -0.480 e. The van der Waals surface area contributed by atoms with Crippen molar-refractivity contribution < 1.29 is 29.6 Å². The van der Waals surface area contributed by atoms with Crippen molar-refractivity contribution in [1.82, 2.24) is 14.9 Å². The van der Waals surface area contributed by atoms with Crippen LogP contribution in [-0.4, -0.2) is 71.9 Å². The second-order valence-corrected chi connectivity index (χ2v) is 10.3. The van der Waals surface area contributed by atoms with Crippen LogP contribution in [0.4, 0.5) is 0 Å². The summed E-state index contributed by atoms with van der Waals surface area (Å²) in [4.78, 5) is 50.2. The Balaban J connectivity index is 1.73. The lowest BCUT2D eigenvalue weighted by Crippen LogP contribution is -2.59. The van der Waals surface area contributed by atoms with Crippen LogP contribution < -0.4 is 22.3 Å². The van der Waals surface area contributed by atoms with Crippen molar-refractivity contribution >= 4 is 23.6 Å². The number of aliphatic hydroxyl groups is 2. The molecule has 7 N–H and O–H groups in total. The van der Waals surface area contributed by atoms with Gasteiger partial charge in [-0.3, -0.25) is 19.1 Å². The van der Waals surface area contributed by atoms with Crippen LogP contribution >= 0.6 is 11.8 Å². The van der Waals surface area contributed by atoms with E-state index in [0.717, 1.165) is 22.4 Å². The van der Waals surface area contributed by atoms with E-state index in [4.69, 9.17) is 10.5 Å². The normalized spacial score (nSPS) is 24.0. The van der Waals surface area contributed by atoms with Crippen LogP contribution in [0.3, 0.4) is 0 Å². The highest BCUT2D eigenvalue weighted by molar-refractivity contribution is 7.99. The number of thioether (sulfide) groups is 1. The Morgan fingerprint density at radius 3 is 2.46 bits per heavy atom. The fourth-order valence-corrected chi connectivity index (χ4v) is 4.61. The largest absolute Gasteiger partial charge is 0.480 e. The summed E-state index contributed by atoms with van der Waals surface area (Å²) in [6.45, 7) is 3.51. The highest BCUT2D eigenvalue weighted by atomic mass is 32.2. The molecule has 1 saturated heterocycles. The zero-order chi connectivity index (χ0) is 25.9. The lowest BCUT2D eigenvalue weighted by molar-refractivity contribution is -0.149. The number of amides is 1. The Kier molecular flexibility index (Phi) is 8.18. The van der Waals surface area contributed by atoms with E-state index < -0.39 is 64.5 Å². The molecule has 0 aliphatic carbocycles. The minimum absolute atomic E-state index is 0.573. The van der Waals surface area contributed by atoms with Gasteiger partial charge in [0.2, 0.25) is 5.91 Å². The van der Waals surface area contributed by atoms with Crippen LogP contribution in [0.25, 0.3) is 0 Å². The number of rotatable bonds is 9. The summed E-state index contributed by atoms with van der Waals surface area (Å²) in [6, 6.07) is 7.63. The number of nitrogens with one attached hydrogen (secondary N) is 2. The summed E-state index contributed by atoms with van der Waals surface area (Å²) < 4.78 is 5.51. The number of carbonyl (C=O) groups excluding carboxylic acids is 1. The van der Waals surface area contributed by atoms with Gasteiger partial charge in [0.25, 0.3) is 5.56 Å². The molecule has 0 bridgehead atoms. The zero-order valence-electron chi connectivity index (χ0n) is 19.0. The number of aliphatic hydroxyl groups excluding tert-OH is 2. The van der Waals surface area contributed by atoms with Gasteiger partial charge in [-0.25, -0.2) is 9.59 Å². The fourth-order valence-electron chi connectivity index (χ4n) is 3.60. The Labute approximate surface area is 204 Å². The first-order chi connectivity index (χ1) is 16.4. The molecule has 3 rings (SSSR count). The predicted octanol–water partition coefficient (Wildman–Crippen LogP) is -1.24. The Bertz CT molecular complexity index is 1170. The average molecular weight is 509 g/mol. The van der Waals surface area contributed by atoms with Gasteiger partial charge in [-0.15, -0.1) is 11.8 Å². The molecule has 2 aromatic rings. The number of carboxylic acid groups (broad SMARTS) is 1. The second kappa shape index (κ2) is 10.7. The number of benzene rings is 1. The van der Waals surface area contributed by atoms with Crippen LogP contribution in [0, 0.1) is 0 Å². The maximum Gasteiger partial charge on any atom is 0.330 e. The molecular formula is C22H28N4O8S. The highest BCUT2D eigenvalue weighted by Gasteiger charge is 2.50. The molecule has 1 aromatic carbocycles. The maximum atomic E-state index is 12.9. The number of hydrogen-bond acceptors (Lipinski definition) is 9. The molecule has 13 heteroatoms. The maximum absolute atomic E-state index is 12.9. The average Bonchev–Trinajstić information content (AvgIpc) is 3.10. The molecule has 190 valence electrons. The molecule has 1 fully saturated rings. The van der Waals surface area contributed by atoms with Crippen molar-refractivity contribution in [2.24, 2.45) is 5.73 Å². The monoisotopic (exact) mass is 508 g/mol. The van der Waals surface area contributed by atoms with Gasteiger partial charge in [0.15, 0.2) is 12.3 Å². The standard InChI is InChI=1S/C22H28N4O8S/c1-22(2,35-10-11-6-4-3-5-7-11)17(23)18(30)25-13(20(31)32)16-14(28)15(29)19(34-16)26-9-8-12(27)24-21(26)33/h3-9,13-17,19,28-29H,10,23H2,1-2H3,(H,25,30)(H,31,32)(H,24,27,33)/t13-,14-,15+,16+,17+,19+/m0/s1. The van der Waals surface area contributed by atoms with Gasteiger partial charge in [0.1, 0.15) is 18.3 Å². The molecule has 1 aliphatic rings. The zero-order valence-corrected chi connectivity index (χ0v) is 19.8. The first-order valence-electron chi connectivity index (χ1n) is 10.7. The molecule has 2 heterocycles. The number of aliphatic carboxylic acids is 1. The van der Waals surface area contributed by atoms with Crippen molar-refractivity contribution in [3.8, 4) is 0 Å². The lowest BCUT2D eigenvalue weighted by Gasteiger charge is -2.32. The van der Waals surface area contributed by atoms with E-state index in [9.17, 15) is 34.5 Å². The summed E-state index contributed by atoms with van der Waals surface area (Å²) in [5.74, 6) is -1.76. The van der Waals surface area contributed by atoms with Gasteiger partial charge in [-0.2, -0.15) is 0 Å². The van der Waals surface area contributed by atoms with Crippen molar-refractivity contribution in [1.29, 1.82) is 0 Å². The fraction of sp³-hybridized carbons (Fsp3) is 0.455. The van der Waals surface area contributed by atoms with E-state index in [-0.39, 0.29) is 0 Å². The molecule has 6 atom stereocenters. The van der Waals surface area contributed by atoms with Crippen LogP contribution in [0.5, 0.6) is 0 Å². The number of carbonyl (C=O) groups is 2. The first-order valence-corrected chi connectivity index (χ1v) is 11.7. The van der Waals surface area contributed by atoms with E-state index in [1.54, 1.807) is 13.8 Å². The van der Waals surface area contributed by atoms with E-state index in [1.807, 2.05) is 35.3 Å². The second-order valence-electron chi connectivity index (χ2n) is 8.67. The Morgan fingerprint density at radius 1 is 1.20 bits per heavy atom. The quantitative estimate of drug-likeness (QED) is 0.238. The molecule has 1 aliphatic heterocycles. The topological polar surface area (TPSA) is 197 Å². The van der Waals surface area contributed by atoms with Crippen molar-refractivity contribution in [3.05, 3.63) is 69.0 Å². The molecule has 0 unspecified atom stereocenters. The molecular weight excluding hydrogens is 480 g/mol. The number of carboxylic acids is 1. The molecule has 35 heavy (non-hydrogen) atoms. The third-order valence-electron chi connectivity index (χ3n) is 5.78. The van der Waals surface area contributed by atoms with Crippen molar-refractivity contribution in [3.63, 3.8) is 0 Å². The van der Waals surface area contributed by atoms with Gasteiger partial charge in [-0.1, -0.05) is 30.3 Å². The predicted molar refractivity (Wildman–Crippen MR) is 127 cm³/mol. The molecule has 0 spiro atoms. The van der Waals surface area contributed by atoms with Gasteiger partial charge < -0.3 is 31.1 Å². The Hall–Kier alpha value is -2.97. The number of ether oxygens (including phenoxy) is 1. The van der Waals surface area contributed by atoms with Crippen LogP contribution in [-0.2, 0) is 20.1 Å². The number of nitrogens with two attached hydrogens (primary N) is 1. The molecule has 0 saturated carbocycles. The summed E-state index contributed by atoms with van der Waals surface area (Å²) in [5, 5.41) is 32.9. The molecule has 1 amide bonds. The van der Waals surface area contributed by atoms with Crippen molar-refractivity contribution in [2.45, 2.75) is 61.0 Å². The number of aromatic nitrogens is 2. The van der Waals surface area contributed by atoms with Gasteiger partial charge >= 0.3 is 11.7 Å². The third-order valence-corrected chi connectivity index (χ3v) is 7.25. The number of hydrogen-bond donors (Lipinski definition) is 6. The summed E-state index contributed by atoms with van der Waals surface area (Å²) in [5.41, 5.74) is 5.58. The summed E-state index contributed by atoms with van der Waals surface area (Å²) in [7, 11) is 0. The van der Waals surface area contributed by atoms with E-state index in [0.29, 0.717) is 5.75 Å². The number of H-pyrrole nitrogens is 1. The van der Waals surface area contributed by atoms with Gasteiger partial charge in [-0.05, 0) is 19.4 Å². The summed E-state index contributed by atoms with van der Waals surface area (Å²) >= 11 is 1.42. The summed E-state index contributed by atoms with van der Waals surface area (Å²) in [6.07, 6.45) is -5.54. The third kappa shape index (κ3) is 6.00. The van der Waals surface area contributed by atoms with Crippen LogP contribution in [0.15, 0.2) is 52.2 Å². The highest BCUT2D eigenvalue weighted by Crippen LogP contribution is 2.32. The Morgan fingerprint density at radius 2 is 1.86 bits per heavy atom. The molecule has 12 nitrogen and oxygen atoms in total. The van der Waals surface area contributed by atoms with E-state index >= 15 is 0 Å². The van der Waals surface area contributed by atoms with Crippen LogP contribution in [0.1, 0.15) is 25.6 Å². The number of aromatic amines is 1. The van der Waals surface area contributed by atoms with Crippen LogP contribution in [0.2, 0.25) is 0 Å². The van der Waals surface area contributed by atoms with Gasteiger partial charge in [0, 0.05) is 22.8 Å². The van der Waals surface area contributed by atoms with Gasteiger partial charge in [0.05, 0.1) is 6.04 Å². The molecule has 0 radical (unpaired) electrons. The van der Waals surface area contributed by atoms with Crippen molar-refractivity contribution in [2.75, 3.05) is 0 Å². The van der Waals surface area contributed by atoms with E-state index in [2.05, 4.69) is 5.32 Å².